The zero-order valence-electron chi connectivity index (χ0n) is 16.2. The van der Waals surface area contributed by atoms with Gasteiger partial charge in [-0.3, -0.25) is 4.79 Å². The Balaban J connectivity index is 1.21. The third kappa shape index (κ3) is 3.93. The smallest absolute Gasteiger partial charge is 0.228 e. The van der Waals surface area contributed by atoms with E-state index in [0.717, 1.165) is 11.3 Å². The molecule has 29 heavy (non-hydrogen) atoms. The fourth-order valence-electron chi connectivity index (χ4n) is 4.18. The number of carbonyl (C=O) groups is 1. The molecular weight excluding hydrogens is 354 g/mol. The van der Waals surface area contributed by atoms with Crippen molar-refractivity contribution in [3.63, 3.8) is 0 Å². The number of amides is 1. The first-order chi connectivity index (χ1) is 14.3. The zero-order chi connectivity index (χ0) is 19.6. The second-order valence-electron chi connectivity index (χ2n) is 7.89. The number of rotatable bonds is 5. The molecule has 0 bridgehead atoms. The molecule has 0 aromatic heterocycles. The fraction of sp³-hybridized carbons (Fsp3) is 0.148. The van der Waals surface area contributed by atoms with Gasteiger partial charge >= 0.3 is 0 Å². The molecule has 1 amide bonds. The highest BCUT2D eigenvalue weighted by molar-refractivity contribution is 5.93. The van der Waals surface area contributed by atoms with Crippen molar-refractivity contribution in [1.82, 2.24) is 0 Å². The van der Waals surface area contributed by atoms with Crippen LogP contribution in [0.15, 0.2) is 97.1 Å². The summed E-state index contributed by atoms with van der Waals surface area (Å²) in [5.41, 5.74) is 4.66. The van der Waals surface area contributed by atoms with Gasteiger partial charge in [0.25, 0.3) is 0 Å². The minimum atomic E-state index is 0.0154. The van der Waals surface area contributed by atoms with Crippen LogP contribution in [-0.4, -0.2) is 5.91 Å². The van der Waals surface area contributed by atoms with Gasteiger partial charge in [0.15, 0.2) is 0 Å². The van der Waals surface area contributed by atoms with E-state index in [1.54, 1.807) is 0 Å². The first-order valence-corrected chi connectivity index (χ1v) is 10.2. The average Bonchev–Trinajstić information content (AvgIpc) is 3.56. The average molecular weight is 377 g/mol. The normalized spacial score (nSPS) is 17.8. The summed E-state index contributed by atoms with van der Waals surface area (Å²) in [6.07, 6.45) is 1.59. The van der Waals surface area contributed by atoms with Crippen molar-refractivity contribution in [2.75, 3.05) is 5.32 Å². The summed E-state index contributed by atoms with van der Waals surface area (Å²) >= 11 is 0. The van der Waals surface area contributed by atoms with Gasteiger partial charge in [-0.2, -0.15) is 0 Å². The molecule has 0 saturated heterocycles. The molecule has 2 unspecified atom stereocenters. The third-order valence-electron chi connectivity index (χ3n) is 5.82. The summed E-state index contributed by atoms with van der Waals surface area (Å²) in [6.45, 7) is 0. The highest BCUT2D eigenvalue weighted by atomic mass is 16.1. The maximum Gasteiger partial charge on any atom is 0.228 e. The first-order valence-electron chi connectivity index (χ1n) is 10.2. The lowest BCUT2D eigenvalue weighted by Crippen LogP contribution is -2.14. The van der Waals surface area contributed by atoms with Crippen molar-refractivity contribution in [3.8, 4) is 0 Å². The Bertz CT molecular complexity index is 1150. The molecular formula is C27H23NO. The van der Waals surface area contributed by atoms with E-state index in [0.29, 0.717) is 18.3 Å². The van der Waals surface area contributed by atoms with E-state index in [1.807, 2.05) is 30.3 Å². The molecule has 0 aliphatic heterocycles. The molecule has 0 radical (unpaired) electrons. The minimum absolute atomic E-state index is 0.0154. The van der Waals surface area contributed by atoms with Crippen molar-refractivity contribution in [3.05, 3.63) is 114 Å². The van der Waals surface area contributed by atoms with Crippen LogP contribution in [0, 0.1) is 0 Å². The van der Waals surface area contributed by atoms with Gasteiger partial charge in [-0.1, -0.05) is 84.9 Å². The highest BCUT2D eigenvalue weighted by Crippen LogP contribution is 2.54. The Morgan fingerprint density at radius 3 is 2.14 bits per heavy atom. The van der Waals surface area contributed by atoms with E-state index in [4.69, 9.17) is 0 Å². The van der Waals surface area contributed by atoms with E-state index in [-0.39, 0.29) is 5.91 Å². The molecule has 1 fully saturated rings. The van der Waals surface area contributed by atoms with Gasteiger partial charge in [-0.25, -0.2) is 0 Å². The van der Waals surface area contributed by atoms with Crippen molar-refractivity contribution in [2.24, 2.45) is 0 Å². The molecule has 5 rings (SSSR count). The lowest BCUT2D eigenvalue weighted by atomic mass is 10.0. The fourth-order valence-corrected chi connectivity index (χ4v) is 4.18. The number of benzene rings is 4. The summed E-state index contributed by atoms with van der Waals surface area (Å²) in [4.78, 5) is 12.5. The SMILES string of the molecule is O=C(Cc1ccc2ccccc2c1)Nc1ccc(C2CC2c2ccccc2)cc1. The molecule has 0 spiro atoms. The molecule has 1 aliphatic carbocycles. The van der Waals surface area contributed by atoms with Crippen LogP contribution in [0.3, 0.4) is 0 Å². The summed E-state index contributed by atoms with van der Waals surface area (Å²) in [5.74, 6) is 1.24. The molecule has 4 aromatic rings. The van der Waals surface area contributed by atoms with Crippen LogP contribution in [-0.2, 0) is 11.2 Å². The molecule has 2 atom stereocenters. The van der Waals surface area contributed by atoms with Crippen LogP contribution in [0.2, 0.25) is 0 Å². The topological polar surface area (TPSA) is 29.1 Å². The van der Waals surface area contributed by atoms with Crippen LogP contribution >= 0.6 is 0 Å². The van der Waals surface area contributed by atoms with Crippen LogP contribution in [0.1, 0.15) is 34.9 Å². The summed E-state index contributed by atoms with van der Waals surface area (Å²) in [6, 6.07) is 33.5. The van der Waals surface area contributed by atoms with Gasteiger partial charge in [-0.15, -0.1) is 0 Å². The second-order valence-corrected chi connectivity index (χ2v) is 7.89. The van der Waals surface area contributed by atoms with Crippen LogP contribution < -0.4 is 5.32 Å². The predicted molar refractivity (Wildman–Crippen MR) is 119 cm³/mol. The largest absolute Gasteiger partial charge is 0.326 e. The minimum Gasteiger partial charge on any atom is -0.326 e. The summed E-state index contributed by atoms with van der Waals surface area (Å²) in [5, 5.41) is 5.39. The lowest BCUT2D eigenvalue weighted by molar-refractivity contribution is -0.115. The maximum absolute atomic E-state index is 12.5. The molecule has 1 aliphatic rings. The van der Waals surface area contributed by atoms with E-state index in [1.165, 1.54) is 28.3 Å². The van der Waals surface area contributed by atoms with Gasteiger partial charge in [0, 0.05) is 5.69 Å². The number of carbonyl (C=O) groups excluding carboxylic acids is 1. The Kier molecular flexibility index (Phi) is 4.61. The van der Waals surface area contributed by atoms with Gasteiger partial charge in [0.1, 0.15) is 0 Å². The van der Waals surface area contributed by atoms with Crippen molar-refractivity contribution < 1.29 is 4.79 Å². The lowest BCUT2D eigenvalue weighted by Gasteiger charge is -2.08. The first kappa shape index (κ1) is 17.7. The quantitative estimate of drug-likeness (QED) is 0.435. The Hall–Kier alpha value is -3.39. The third-order valence-corrected chi connectivity index (χ3v) is 5.82. The number of nitrogens with one attached hydrogen (secondary N) is 1. The molecule has 1 N–H and O–H groups in total. The number of hydrogen-bond acceptors (Lipinski definition) is 1. The van der Waals surface area contributed by atoms with E-state index < -0.39 is 0 Å². The predicted octanol–water partition coefficient (Wildman–Crippen LogP) is 6.29. The van der Waals surface area contributed by atoms with E-state index in [2.05, 4.69) is 72.0 Å². The van der Waals surface area contributed by atoms with Crippen molar-refractivity contribution in [1.29, 1.82) is 0 Å². The van der Waals surface area contributed by atoms with Crippen LogP contribution in [0.5, 0.6) is 0 Å². The molecule has 142 valence electrons. The van der Waals surface area contributed by atoms with Crippen LogP contribution in [0.4, 0.5) is 5.69 Å². The standard InChI is InChI=1S/C27H23NO/c29-27(17-19-10-11-20-6-4-5-9-23(20)16-19)28-24-14-12-22(13-15-24)26-18-25(26)21-7-2-1-3-8-21/h1-16,25-26H,17-18H2,(H,28,29). The molecule has 2 heteroatoms. The highest BCUT2D eigenvalue weighted by Gasteiger charge is 2.39. The Labute approximate surface area is 171 Å². The molecule has 2 nitrogen and oxygen atoms in total. The van der Waals surface area contributed by atoms with Crippen molar-refractivity contribution >= 4 is 22.4 Å². The van der Waals surface area contributed by atoms with Crippen molar-refractivity contribution in [2.45, 2.75) is 24.7 Å². The molecule has 0 heterocycles. The summed E-state index contributed by atoms with van der Waals surface area (Å²) in [7, 11) is 0. The second kappa shape index (κ2) is 7.56. The Morgan fingerprint density at radius 1 is 0.724 bits per heavy atom. The zero-order valence-corrected chi connectivity index (χ0v) is 16.2. The summed E-state index contributed by atoms with van der Waals surface area (Å²) < 4.78 is 0. The Morgan fingerprint density at radius 2 is 1.38 bits per heavy atom. The van der Waals surface area contributed by atoms with Gasteiger partial charge in [-0.05, 0) is 57.9 Å². The maximum atomic E-state index is 12.5. The van der Waals surface area contributed by atoms with Crippen LogP contribution in [0.25, 0.3) is 10.8 Å². The van der Waals surface area contributed by atoms with Gasteiger partial charge in [0.2, 0.25) is 5.91 Å². The van der Waals surface area contributed by atoms with E-state index >= 15 is 0 Å². The van der Waals surface area contributed by atoms with Gasteiger partial charge < -0.3 is 5.32 Å². The molecule has 4 aromatic carbocycles. The van der Waals surface area contributed by atoms with E-state index in [9.17, 15) is 4.79 Å². The molecule has 1 saturated carbocycles. The number of anilines is 1. The number of hydrogen-bond donors (Lipinski definition) is 1. The monoisotopic (exact) mass is 377 g/mol. The van der Waals surface area contributed by atoms with Gasteiger partial charge in [0.05, 0.1) is 6.42 Å². The number of fused-ring (bicyclic) bond motifs is 1.